The quantitative estimate of drug-likeness (QED) is 0.324. The average Bonchev–Trinajstić information content (AvgIpc) is 3.20. The van der Waals surface area contributed by atoms with E-state index in [1.165, 1.54) is 40.7 Å². The number of hydrogen-bond acceptors (Lipinski definition) is 5. The van der Waals surface area contributed by atoms with Gasteiger partial charge in [-0.25, -0.2) is 8.78 Å². The lowest BCUT2D eigenvalue weighted by Crippen LogP contribution is -2.41. The smallest absolute Gasteiger partial charge is 0.305 e. The van der Waals surface area contributed by atoms with E-state index in [1.807, 2.05) is 0 Å². The summed E-state index contributed by atoms with van der Waals surface area (Å²) in [6.45, 7) is -0.636. The van der Waals surface area contributed by atoms with Crippen molar-refractivity contribution in [1.82, 2.24) is 25.0 Å². The van der Waals surface area contributed by atoms with Gasteiger partial charge in [-0.1, -0.05) is 18.2 Å². The van der Waals surface area contributed by atoms with Gasteiger partial charge < -0.3 is 20.3 Å². The second-order valence-corrected chi connectivity index (χ2v) is 8.59. The molecule has 0 aliphatic rings. The molecule has 2 amide bonds. The van der Waals surface area contributed by atoms with Gasteiger partial charge >= 0.3 is 5.97 Å². The van der Waals surface area contributed by atoms with E-state index in [4.69, 9.17) is 0 Å². The first-order valence-electron chi connectivity index (χ1n) is 11.4. The minimum absolute atomic E-state index is 0.200. The van der Waals surface area contributed by atoms with Gasteiger partial charge in [0, 0.05) is 36.8 Å². The fourth-order valence-corrected chi connectivity index (χ4v) is 4.17. The molecule has 0 aliphatic heterocycles. The molecule has 0 aliphatic carbocycles. The molecule has 12 heteroatoms. The lowest BCUT2D eigenvalue weighted by Gasteiger charge is -2.20. The zero-order valence-electron chi connectivity index (χ0n) is 20.4. The van der Waals surface area contributed by atoms with E-state index >= 15 is 0 Å². The minimum Gasteiger partial charge on any atom is -0.481 e. The zero-order valence-corrected chi connectivity index (χ0v) is 20.4. The van der Waals surface area contributed by atoms with Crippen LogP contribution in [0.1, 0.15) is 28.4 Å². The van der Waals surface area contributed by atoms with Crippen molar-refractivity contribution in [2.45, 2.75) is 12.5 Å². The summed E-state index contributed by atoms with van der Waals surface area (Å²) in [5.41, 5.74) is 0.158. The van der Waals surface area contributed by atoms with E-state index < -0.39 is 54.0 Å². The number of carboxylic acid groups (broad SMARTS) is 1. The number of hydrogen-bond donors (Lipinski definition) is 3. The van der Waals surface area contributed by atoms with E-state index in [9.17, 15) is 33.1 Å². The monoisotopic (exact) mass is 523 g/mol. The van der Waals surface area contributed by atoms with Crippen LogP contribution in [0.15, 0.2) is 59.5 Å². The van der Waals surface area contributed by atoms with Crippen LogP contribution in [0.25, 0.3) is 22.2 Å². The van der Waals surface area contributed by atoms with Gasteiger partial charge in [0.2, 0.25) is 5.91 Å². The van der Waals surface area contributed by atoms with Gasteiger partial charge in [-0.3, -0.25) is 23.9 Å². The third kappa shape index (κ3) is 5.28. The summed E-state index contributed by atoms with van der Waals surface area (Å²) in [5, 5.41) is 19.0. The van der Waals surface area contributed by atoms with Crippen molar-refractivity contribution in [3.63, 3.8) is 0 Å². The molecular weight excluding hydrogens is 500 g/mol. The highest BCUT2D eigenvalue weighted by Gasteiger charge is 2.26. The van der Waals surface area contributed by atoms with Crippen LogP contribution in [0.2, 0.25) is 0 Å². The number of carboxylic acids is 1. The van der Waals surface area contributed by atoms with E-state index in [0.29, 0.717) is 16.6 Å². The van der Waals surface area contributed by atoms with Crippen LogP contribution in [0, 0.1) is 11.6 Å². The molecule has 3 N–H and O–H groups in total. The largest absolute Gasteiger partial charge is 0.481 e. The second kappa shape index (κ2) is 10.6. The molecule has 4 rings (SSSR count). The number of carbonyl (C=O) groups excluding carboxylic acids is 2. The van der Waals surface area contributed by atoms with E-state index in [-0.39, 0.29) is 16.7 Å². The van der Waals surface area contributed by atoms with Crippen LogP contribution in [-0.2, 0) is 23.7 Å². The van der Waals surface area contributed by atoms with Crippen molar-refractivity contribution in [3.8, 4) is 11.3 Å². The maximum atomic E-state index is 15.0. The highest BCUT2D eigenvalue weighted by Crippen LogP contribution is 2.33. The van der Waals surface area contributed by atoms with E-state index in [1.54, 1.807) is 31.3 Å². The first-order valence-corrected chi connectivity index (χ1v) is 11.4. The fourth-order valence-electron chi connectivity index (χ4n) is 4.17. The van der Waals surface area contributed by atoms with Crippen LogP contribution >= 0.6 is 0 Å². The Labute approximate surface area is 214 Å². The minimum atomic E-state index is -1.46. The number of aryl methyl sites for hydroxylation is 2. The number of nitrogens with one attached hydrogen (secondary N) is 2. The highest BCUT2D eigenvalue weighted by atomic mass is 19.2. The Morgan fingerprint density at radius 3 is 2.55 bits per heavy atom. The van der Waals surface area contributed by atoms with Crippen molar-refractivity contribution >= 4 is 28.7 Å². The molecule has 1 atom stereocenters. The molecular formula is C26H23F2N5O5. The van der Waals surface area contributed by atoms with Crippen LogP contribution in [0.3, 0.4) is 0 Å². The van der Waals surface area contributed by atoms with Gasteiger partial charge in [-0.15, -0.1) is 0 Å². The molecule has 2 aromatic heterocycles. The SMILES string of the molecule is Cn1nc2ccccc2c1-c1cc(F)c(F)c(C(CC(=O)O)NC(=O)CNC(=O)c2cccn(C)c2=O)c1. The molecule has 0 spiro atoms. The lowest BCUT2D eigenvalue weighted by molar-refractivity contribution is -0.137. The number of nitrogens with zero attached hydrogens (tertiary/aromatic N) is 3. The van der Waals surface area contributed by atoms with Crippen LogP contribution in [0.5, 0.6) is 0 Å². The average molecular weight is 523 g/mol. The van der Waals surface area contributed by atoms with Gasteiger partial charge in [0.1, 0.15) is 5.56 Å². The molecule has 4 aromatic rings. The van der Waals surface area contributed by atoms with Crippen molar-refractivity contribution in [3.05, 3.63) is 87.8 Å². The topological polar surface area (TPSA) is 135 Å². The number of halogens is 2. The van der Waals surface area contributed by atoms with E-state index in [0.717, 1.165) is 6.07 Å². The van der Waals surface area contributed by atoms with Crippen molar-refractivity contribution in [2.24, 2.45) is 14.1 Å². The predicted molar refractivity (Wildman–Crippen MR) is 133 cm³/mol. The zero-order chi connectivity index (χ0) is 27.6. The Morgan fingerprint density at radius 2 is 1.82 bits per heavy atom. The molecule has 196 valence electrons. The van der Waals surface area contributed by atoms with Crippen LogP contribution < -0.4 is 16.2 Å². The lowest BCUT2D eigenvalue weighted by atomic mass is 9.97. The van der Waals surface area contributed by atoms with Crippen LogP contribution in [0.4, 0.5) is 8.78 Å². The summed E-state index contributed by atoms with van der Waals surface area (Å²) in [7, 11) is 3.09. The van der Waals surface area contributed by atoms with E-state index in [2.05, 4.69) is 15.7 Å². The summed E-state index contributed by atoms with van der Waals surface area (Å²) < 4.78 is 32.4. The van der Waals surface area contributed by atoms with Gasteiger partial charge in [0.25, 0.3) is 11.5 Å². The Morgan fingerprint density at radius 1 is 1.08 bits per heavy atom. The summed E-state index contributed by atoms with van der Waals surface area (Å²) in [4.78, 5) is 48.6. The molecule has 2 aromatic carbocycles. The summed E-state index contributed by atoms with van der Waals surface area (Å²) in [6.07, 6.45) is 0.698. The normalized spacial score (nSPS) is 11.8. The molecule has 10 nitrogen and oxygen atoms in total. The summed E-state index contributed by atoms with van der Waals surface area (Å²) in [6, 6.07) is 10.6. The fraction of sp³-hybridized carbons (Fsp3) is 0.192. The van der Waals surface area contributed by atoms with Gasteiger partial charge in [0.15, 0.2) is 11.6 Å². The standard InChI is InChI=1S/C26H23F2N5O5/c1-32-9-5-7-16(26(32)38)25(37)29-13-21(34)30-20(12-22(35)36)17-10-14(11-18(27)23(17)28)24-15-6-3-4-8-19(15)31-33(24)2/h3-11,20H,12-13H2,1-2H3,(H,29,37)(H,30,34)(H,35,36). The van der Waals surface area contributed by atoms with Crippen molar-refractivity contribution in [2.75, 3.05) is 6.54 Å². The molecule has 0 fully saturated rings. The first-order chi connectivity index (χ1) is 18.1. The predicted octanol–water partition coefficient (Wildman–Crippen LogP) is 2.28. The Balaban J connectivity index is 1.62. The second-order valence-electron chi connectivity index (χ2n) is 8.59. The molecule has 0 saturated heterocycles. The number of pyridine rings is 1. The number of aliphatic carboxylic acids is 1. The summed E-state index contributed by atoms with van der Waals surface area (Å²) in [5.74, 6) is -5.61. The summed E-state index contributed by atoms with van der Waals surface area (Å²) >= 11 is 0. The number of aromatic nitrogens is 3. The molecule has 0 bridgehead atoms. The maximum absolute atomic E-state index is 15.0. The number of benzene rings is 2. The van der Waals surface area contributed by atoms with Gasteiger partial charge in [0.05, 0.1) is 30.2 Å². The third-order valence-corrected chi connectivity index (χ3v) is 5.94. The number of amides is 2. The number of fused-ring (bicyclic) bond motifs is 1. The molecule has 0 saturated carbocycles. The highest BCUT2D eigenvalue weighted by molar-refractivity contribution is 5.96. The Bertz CT molecular complexity index is 1630. The van der Waals surface area contributed by atoms with Crippen molar-refractivity contribution < 1.29 is 28.3 Å². The number of rotatable bonds is 8. The third-order valence-electron chi connectivity index (χ3n) is 5.94. The Kier molecular flexibility index (Phi) is 7.33. The Hall–Kier alpha value is -4.87. The van der Waals surface area contributed by atoms with Crippen LogP contribution in [-0.4, -0.2) is 43.8 Å². The molecule has 0 radical (unpaired) electrons. The maximum Gasteiger partial charge on any atom is 0.305 e. The molecule has 38 heavy (non-hydrogen) atoms. The van der Waals surface area contributed by atoms with Crippen molar-refractivity contribution in [1.29, 1.82) is 0 Å². The number of carbonyl (C=O) groups is 3. The first kappa shape index (κ1) is 26.2. The molecule has 2 heterocycles. The molecule has 1 unspecified atom stereocenters. The van der Waals surface area contributed by atoms with Gasteiger partial charge in [-0.05, 0) is 30.3 Å². The van der Waals surface area contributed by atoms with Gasteiger partial charge in [-0.2, -0.15) is 5.10 Å².